The summed E-state index contributed by atoms with van der Waals surface area (Å²) in [7, 11) is 0. The number of nitrogens with zero attached hydrogens (tertiary/aromatic N) is 3. The van der Waals surface area contributed by atoms with E-state index in [1.54, 1.807) is 11.3 Å². The maximum Gasteiger partial charge on any atom is 0.274 e. The number of likely N-dealkylation sites (tertiary alicyclic amines) is 1. The Morgan fingerprint density at radius 1 is 1.06 bits per heavy atom. The van der Waals surface area contributed by atoms with E-state index < -0.39 is 0 Å². The van der Waals surface area contributed by atoms with Gasteiger partial charge in [0.05, 0.1) is 27.0 Å². The third-order valence-electron chi connectivity index (χ3n) is 6.73. The molecule has 2 aromatic heterocycles. The van der Waals surface area contributed by atoms with Crippen molar-refractivity contribution < 1.29 is 4.79 Å². The summed E-state index contributed by atoms with van der Waals surface area (Å²) < 4.78 is 0. The third kappa shape index (κ3) is 3.68. The van der Waals surface area contributed by atoms with E-state index in [0.29, 0.717) is 18.7 Å². The van der Waals surface area contributed by atoms with Crippen molar-refractivity contribution in [2.75, 3.05) is 6.54 Å². The lowest BCUT2D eigenvalue weighted by molar-refractivity contribution is 0.0728. The molecule has 0 radical (unpaired) electrons. The van der Waals surface area contributed by atoms with Crippen LogP contribution in [0.3, 0.4) is 0 Å². The first-order chi connectivity index (χ1) is 15.7. The van der Waals surface area contributed by atoms with E-state index in [4.69, 9.17) is 4.98 Å². The minimum Gasteiger partial charge on any atom is -0.340 e. The van der Waals surface area contributed by atoms with Crippen LogP contribution in [0.1, 0.15) is 56.0 Å². The predicted molar refractivity (Wildman–Crippen MR) is 135 cm³/mol. The highest BCUT2D eigenvalue weighted by molar-refractivity contribution is 7.15. The fraction of sp³-hybridized carbons (Fsp3) is 0.296. The standard InChI is InChI=1S/C27H28N4OS/c1-14-11-22(26-29-21-10-8-16(3)18(5)23(21)30-26)31(13-14)27(32)24-25(33-19(6)28-24)20-9-7-15(2)17(4)12-20/h7-10,12,22H,1,11,13H2,2-6H3,(H,29,30). The van der Waals surface area contributed by atoms with Gasteiger partial charge in [0, 0.05) is 6.54 Å². The molecule has 6 heteroatoms. The Labute approximate surface area is 198 Å². The van der Waals surface area contributed by atoms with E-state index in [1.807, 2.05) is 11.8 Å². The average Bonchev–Trinajstić information content (AvgIpc) is 3.48. The van der Waals surface area contributed by atoms with Gasteiger partial charge in [0.1, 0.15) is 11.5 Å². The van der Waals surface area contributed by atoms with E-state index in [9.17, 15) is 4.79 Å². The molecule has 1 amide bonds. The van der Waals surface area contributed by atoms with E-state index in [2.05, 4.69) is 74.6 Å². The summed E-state index contributed by atoms with van der Waals surface area (Å²) in [5, 5.41) is 0.885. The molecule has 33 heavy (non-hydrogen) atoms. The Morgan fingerprint density at radius 3 is 2.58 bits per heavy atom. The highest BCUT2D eigenvalue weighted by Gasteiger charge is 2.37. The molecule has 1 saturated heterocycles. The number of hydrogen-bond acceptors (Lipinski definition) is 4. The third-order valence-corrected chi connectivity index (χ3v) is 7.75. The lowest BCUT2D eigenvalue weighted by Crippen LogP contribution is -2.31. The van der Waals surface area contributed by atoms with Gasteiger partial charge >= 0.3 is 0 Å². The van der Waals surface area contributed by atoms with Gasteiger partial charge in [0.25, 0.3) is 5.91 Å². The highest BCUT2D eigenvalue weighted by Crippen LogP contribution is 2.38. The number of carbonyl (C=O) groups is 1. The van der Waals surface area contributed by atoms with Gasteiger partial charge < -0.3 is 9.88 Å². The number of rotatable bonds is 3. The van der Waals surface area contributed by atoms with Crippen LogP contribution >= 0.6 is 11.3 Å². The maximum atomic E-state index is 13.9. The Morgan fingerprint density at radius 2 is 1.82 bits per heavy atom. The van der Waals surface area contributed by atoms with Crippen LogP contribution in [0.5, 0.6) is 0 Å². The molecular formula is C27H28N4OS. The van der Waals surface area contributed by atoms with Crippen molar-refractivity contribution in [1.82, 2.24) is 19.9 Å². The van der Waals surface area contributed by atoms with Gasteiger partial charge in [0.2, 0.25) is 0 Å². The molecule has 1 fully saturated rings. The molecule has 0 bridgehead atoms. The van der Waals surface area contributed by atoms with Gasteiger partial charge in [-0.15, -0.1) is 11.3 Å². The number of aromatic nitrogens is 3. The number of aryl methyl sites for hydroxylation is 5. The van der Waals surface area contributed by atoms with Crippen LogP contribution in [0.4, 0.5) is 0 Å². The summed E-state index contributed by atoms with van der Waals surface area (Å²) in [4.78, 5) is 29.7. The summed E-state index contributed by atoms with van der Waals surface area (Å²) in [5.74, 6) is 0.745. The van der Waals surface area contributed by atoms with Crippen LogP contribution in [0.25, 0.3) is 21.5 Å². The largest absolute Gasteiger partial charge is 0.340 e. The summed E-state index contributed by atoms with van der Waals surface area (Å²) >= 11 is 1.57. The number of imidazole rings is 1. The molecule has 5 nitrogen and oxygen atoms in total. The summed E-state index contributed by atoms with van der Waals surface area (Å²) in [5.41, 5.74) is 9.36. The molecule has 0 spiro atoms. The lowest BCUT2D eigenvalue weighted by atomic mass is 10.0. The molecule has 3 heterocycles. The highest BCUT2D eigenvalue weighted by atomic mass is 32.1. The first kappa shape index (κ1) is 21.6. The van der Waals surface area contributed by atoms with Crippen LogP contribution in [0.15, 0.2) is 42.5 Å². The van der Waals surface area contributed by atoms with Gasteiger partial charge in [-0.2, -0.15) is 0 Å². The number of hydrogen-bond donors (Lipinski definition) is 1. The van der Waals surface area contributed by atoms with Crippen molar-refractivity contribution in [1.29, 1.82) is 0 Å². The summed E-state index contributed by atoms with van der Waals surface area (Å²) in [6.07, 6.45) is 0.700. The summed E-state index contributed by atoms with van der Waals surface area (Å²) in [6, 6.07) is 10.3. The Hall–Kier alpha value is -3.25. The second-order valence-electron chi connectivity index (χ2n) is 9.14. The number of fused-ring (bicyclic) bond motifs is 1. The normalized spacial score (nSPS) is 16.2. The molecule has 2 aromatic carbocycles. The quantitative estimate of drug-likeness (QED) is 0.364. The number of H-pyrrole nitrogens is 1. The molecule has 5 rings (SSSR count). The second kappa shape index (κ2) is 7.96. The molecule has 1 atom stereocenters. The van der Waals surface area contributed by atoms with Crippen molar-refractivity contribution in [3.8, 4) is 10.4 Å². The van der Waals surface area contributed by atoms with Crippen molar-refractivity contribution in [2.45, 2.75) is 47.1 Å². The fourth-order valence-corrected chi connectivity index (χ4v) is 5.44. The van der Waals surface area contributed by atoms with Crippen LogP contribution in [0, 0.1) is 34.6 Å². The van der Waals surface area contributed by atoms with Crippen LogP contribution in [-0.2, 0) is 0 Å². The van der Waals surface area contributed by atoms with Gasteiger partial charge in [-0.05, 0) is 74.9 Å². The van der Waals surface area contributed by atoms with E-state index in [0.717, 1.165) is 43.4 Å². The SMILES string of the molecule is C=C1CC(c2nc3c(C)c(C)ccc3[nH]2)N(C(=O)c2nc(C)sc2-c2ccc(C)c(C)c2)C1. The molecule has 1 N–H and O–H groups in total. The zero-order chi connectivity index (χ0) is 23.4. The number of amides is 1. The number of carbonyl (C=O) groups excluding carboxylic acids is 1. The van der Waals surface area contributed by atoms with Gasteiger partial charge in [-0.3, -0.25) is 4.79 Å². The number of thiazole rings is 1. The van der Waals surface area contributed by atoms with Crippen LogP contribution in [0.2, 0.25) is 0 Å². The van der Waals surface area contributed by atoms with Crippen molar-refractivity contribution in [3.05, 3.63) is 81.3 Å². The molecule has 1 aliphatic heterocycles. The Kier molecular flexibility index (Phi) is 5.20. The minimum absolute atomic E-state index is 0.0652. The van der Waals surface area contributed by atoms with Gasteiger partial charge in [-0.25, -0.2) is 9.97 Å². The first-order valence-corrected chi connectivity index (χ1v) is 12.0. The first-order valence-electron chi connectivity index (χ1n) is 11.2. The number of nitrogens with one attached hydrogen (secondary N) is 1. The molecule has 4 aromatic rings. The molecule has 1 aliphatic rings. The predicted octanol–water partition coefficient (Wildman–Crippen LogP) is 6.37. The second-order valence-corrected chi connectivity index (χ2v) is 10.3. The number of benzene rings is 2. The van der Waals surface area contributed by atoms with Crippen LogP contribution < -0.4 is 0 Å². The lowest BCUT2D eigenvalue weighted by Gasteiger charge is -2.22. The topological polar surface area (TPSA) is 61.9 Å². The summed E-state index contributed by atoms with van der Waals surface area (Å²) in [6.45, 7) is 15.0. The molecule has 1 unspecified atom stereocenters. The van der Waals surface area contributed by atoms with Crippen molar-refractivity contribution in [2.24, 2.45) is 0 Å². The zero-order valence-corrected chi connectivity index (χ0v) is 20.6. The Balaban J connectivity index is 1.55. The molecular weight excluding hydrogens is 428 g/mol. The zero-order valence-electron chi connectivity index (χ0n) is 19.7. The fourth-order valence-electron chi connectivity index (χ4n) is 4.53. The maximum absolute atomic E-state index is 13.9. The van der Waals surface area contributed by atoms with Crippen molar-refractivity contribution >= 4 is 28.3 Å². The monoisotopic (exact) mass is 456 g/mol. The smallest absolute Gasteiger partial charge is 0.274 e. The molecule has 168 valence electrons. The van der Waals surface area contributed by atoms with E-state index in [1.165, 1.54) is 16.7 Å². The molecule has 0 saturated carbocycles. The van der Waals surface area contributed by atoms with E-state index >= 15 is 0 Å². The number of aromatic amines is 1. The average molecular weight is 457 g/mol. The van der Waals surface area contributed by atoms with E-state index in [-0.39, 0.29) is 11.9 Å². The van der Waals surface area contributed by atoms with Crippen molar-refractivity contribution in [3.63, 3.8) is 0 Å². The van der Waals surface area contributed by atoms with Gasteiger partial charge in [-0.1, -0.05) is 36.4 Å². The minimum atomic E-state index is -0.174. The van der Waals surface area contributed by atoms with Crippen LogP contribution in [-0.4, -0.2) is 32.3 Å². The Bertz CT molecular complexity index is 1430. The molecule has 0 aliphatic carbocycles. The van der Waals surface area contributed by atoms with Gasteiger partial charge in [0.15, 0.2) is 0 Å².